The maximum atomic E-state index is 14.1. The molecule has 1 unspecified atom stereocenters. The van der Waals surface area contributed by atoms with Crippen molar-refractivity contribution in [3.63, 3.8) is 0 Å². The maximum absolute atomic E-state index is 14.1. The molecule has 0 aromatic heterocycles. The van der Waals surface area contributed by atoms with Crippen molar-refractivity contribution in [2.75, 3.05) is 11.4 Å². The van der Waals surface area contributed by atoms with Crippen LogP contribution in [-0.2, 0) is 13.0 Å². The van der Waals surface area contributed by atoms with E-state index in [0.29, 0.717) is 24.2 Å². The molecular formula is C17H16FN3. The van der Waals surface area contributed by atoms with Crippen molar-refractivity contribution in [3.8, 4) is 6.07 Å². The maximum Gasteiger partial charge on any atom is 0.129 e. The van der Waals surface area contributed by atoms with Crippen LogP contribution in [0.25, 0.3) is 0 Å². The molecule has 2 aromatic carbocycles. The lowest BCUT2D eigenvalue weighted by Gasteiger charge is -2.34. The van der Waals surface area contributed by atoms with Crippen LogP contribution in [0.4, 0.5) is 10.1 Å². The molecule has 0 fully saturated rings. The lowest BCUT2D eigenvalue weighted by Crippen LogP contribution is -2.43. The van der Waals surface area contributed by atoms with E-state index in [1.54, 1.807) is 12.1 Å². The van der Waals surface area contributed by atoms with Gasteiger partial charge in [0.1, 0.15) is 5.82 Å². The van der Waals surface area contributed by atoms with E-state index in [1.807, 2.05) is 24.3 Å². The van der Waals surface area contributed by atoms with Gasteiger partial charge in [-0.25, -0.2) is 4.39 Å². The van der Waals surface area contributed by atoms with Crippen LogP contribution in [0.1, 0.15) is 16.7 Å². The molecule has 4 heteroatoms. The smallest absolute Gasteiger partial charge is 0.129 e. The van der Waals surface area contributed by atoms with Gasteiger partial charge in [0.15, 0.2) is 0 Å². The Hall–Kier alpha value is -2.38. The highest BCUT2D eigenvalue weighted by Gasteiger charge is 2.22. The number of nitriles is 1. The van der Waals surface area contributed by atoms with E-state index in [2.05, 4.69) is 11.0 Å². The number of anilines is 1. The predicted molar refractivity (Wildman–Crippen MR) is 80.3 cm³/mol. The number of para-hydroxylation sites is 1. The average Bonchev–Trinajstić information content (AvgIpc) is 2.49. The SMILES string of the molecule is N#Cc1ccc(CN2CC(N)Cc3ccccc32)c(F)c1. The first-order chi connectivity index (χ1) is 10.2. The van der Waals surface area contributed by atoms with Crippen molar-refractivity contribution >= 4 is 5.69 Å². The van der Waals surface area contributed by atoms with Gasteiger partial charge in [-0.15, -0.1) is 0 Å². The van der Waals surface area contributed by atoms with Crippen molar-refractivity contribution in [1.29, 1.82) is 5.26 Å². The summed E-state index contributed by atoms with van der Waals surface area (Å²) in [7, 11) is 0. The number of hydrogen-bond donors (Lipinski definition) is 1. The Bertz CT molecular complexity index is 705. The number of hydrogen-bond acceptors (Lipinski definition) is 3. The molecule has 21 heavy (non-hydrogen) atoms. The highest BCUT2D eigenvalue weighted by atomic mass is 19.1. The summed E-state index contributed by atoms with van der Waals surface area (Å²) in [4.78, 5) is 2.11. The Balaban J connectivity index is 1.90. The number of halogens is 1. The van der Waals surface area contributed by atoms with E-state index in [-0.39, 0.29) is 11.9 Å². The number of nitrogens with zero attached hydrogens (tertiary/aromatic N) is 2. The quantitative estimate of drug-likeness (QED) is 0.920. The Morgan fingerprint density at radius 1 is 1.29 bits per heavy atom. The Morgan fingerprint density at radius 3 is 2.86 bits per heavy atom. The Labute approximate surface area is 123 Å². The first kappa shape index (κ1) is 13.6. The van der Waals surface area contributed by atoms with Gasteiger partial charge in [0.25, 0.3) is 0 Å². The lowest BCUT2D eigenvalue weighted by atomic mass is 9.98. The number of rotatable bonds is 2. The predicted octanol–water partition coefficient (Wildman–Crippen LogP) is 2.59. The largest absolute Gasteiger partial charge is 0.365 e. The molecule has 106 valence electrons. The van der Waals surface area contributed by atoms with Crippen LogP contribution >= 0.6 is 0 Å². The molecule has 2 aromatic rings. The van der Waals surface area contributed by atoms with E-state index in [1.165, 1.54) is 11.6 Å². The molecule has 1 aliphatic heterocycles. The molecule has 0 saturated heterocycles. The second kappa shape index (κ2) is 5.55. The molecule has 0 radical (unpaired) electrons. The molecule has 0 amide bonds. The van der Waals surface area contributed by atoms with Gasteiger partial charge < -0.3 is 10.6 Å². The molecule has 0 aliphatic carbocycles. The Morgan fingerprint density at radius 2 is 2.10 bits per heavy atom. The number of nitrogens with two attached hydrogens (primary N) is 1. The second-order valence-corrected chi connectivity index (χ2v) is 5.39. The highest BCUT2D eigenvalue weighted by Crippen LogP contribution is 2.28. The van der Waals surface area contributed by atoms with Crippen molar-refractivity contribution in [3.05, 3.63) is 65.0 Å². The molecule has 0 bridgehead atoms. The van der Waals surface area contributed by atoms with Gasteiger partial charge in [0.2, 0.25) is 0 Å². The zero-order chi connectivity index (χ0) is 14.8. The summed E-state index contributed by atoms with van der Waals surface area (Å²) in [5, 5.41) is 8.80. The summed E-state index contributed by atoms with van der Waals surface area (Å²) in [5.74, 6) is -0.342. The van der Waals surface area contributed by atoms with Crippen LogP contribution in [0.2, 0.25) is 0 Å². The van der Waals surface area contributed by atoms with Crippen molar-refractivity contribution in [2.24, 2.45) is 5.73 Å². The first-order valence-electron chi connectivity index (χ1n) is 6.94. The fourth-order valence-electron chi connectivity index (χ4n) is 2.82. The second-order valence-electron chi connectivity index (χ2n) is 5.39. The number of benzene rings is 2. The lowest BCUT2D eigenvalue weighted by molar-refractivity contribution is 0.573. The number of fused-ring (bicyclic) bond motifs is 1. The summed E-state index contributed by atoms with van der Waals surface area (Å²) in [6, 6.07) is 14.7. The molecule has 3 rings (SSSR count). The third-order valence-corrected chi connectivity index (χ3v) is 3.81. The van der Waals surface area contributed by atoms with Gasteiger partial charge in [-0.3, -0.25) is 0 Å². The van der Waals surface area contributed by atoms with Crippen LogP contribution in [0.3, 0.4) is 0 Å². The minimum atomic E-state index is -0.342. The topological polar surface area (TPSA) is 53.0 Å². The molecule has 3 nitrogen and oxygen atoms in total. The van der Waals surface area contributed by atoms with E-state index < -0.39 is 0 Å². The van der Waals surface area contributed by atoms with Crippen LogP contribution in [-0.4, -0.2) is 12.6 Å². The van der Waals surface area contributed by atoms with Crippen LogP contribution in [0.5, 0.6) is 0 Å². The third kappa shape index (κ3) is 2.74. The molecule has 0 saturated carbocycles. The van der Waals surface area contributed by atoms with E-state index >= 15 is 0 Å². The van der Waals surface area contributed by atoms with Crippen molar-refractivity contribution in [1.82, 2.24) is 0 Å². The van der Waals surface area contributed by atoms with Crippen LogP contribution in [0, 0.1) is 17.1 Å². The highest BCUT2D eigenvalue weighted by molar-refractivity contribution is 5.56. The van der Waals surface area contributed by atoms with E-state index in [4.69, 9.17) is 11.0 Å². The van der Waals surface area contributed by atoms with Gasteiger partial charge in [0.05, 0.1) is 11.6 Å². The fourth-order valence-corrected chi connectivity index (χ4v) is 2.82. The third-order valence-electron chi connectivity index (χ3n) is 3.81. The van der Waals surface area contributed by atoms with Crippen molar-refractivity contribution < 1.29 is 4.39 Å². The normalized spacial score (nSPS) is 17.2. The molecule has 1 aliphatic rings. The zero-order valence-electron chi connectivity index (χ0n) is 11.6. The summed E-state index contributed by atoms with van der Waals surface area (Å²) in [6.45, 7) is 1.17. The molecule has 1 heterocycles. The van der Waals surface area contributed by atoms with E-state index in [9.17, 15) is 4.39 Å². The van der Waals surface area contributed by atoms with Crippen molar-refractivity contribution in [2.45, 2.75) is 19.0 Å². The van der Waals surface area contributed by atoms with E-state index in [0.717, 1.165) is 12.1 Å². The van der Waals surface area contributed by atoms with Gasteiger partial charge >= 0.3 is 0 Å². The molecule has 1 atom stereocenters. The molecular weight excluding hydrogens is 265 g/mol. The van der Waals surface area contributed by atoms with Gasteiger partial charge in [0, 0.05) is 30.4 Å². The summed E-state index contributed by atoms with van der Waals surface area (Å²) in [6.07, 6.45) is 0.850. The van der Waals surface area contributed by atoms with Gasteiger partial charge in [-0.1, -0.05) is 24.3 Å². The fraction of sp³-hybridized carbons (Fsp3) is 0.235. The summed E-state index contributed by atoms with van der Waals surface area (Å²) in [5.41, 5.74) is 9.33. The summed E-state index contributed by atoms with van der Waals surface area (Å²) >= 11 is 0. The van der Waals surface area contributed by atoms with Gasteiger partial charge in [-0.05, 0) is 30.2 Å². The summed E-state index contributed by atoms with van der Waals surface area (Å²) < 4.78 is 14.1. The van der Waals surface area contributed by atoms with Gasteiger partial charge in [-0.2, -0.15) is 5.26 Å². The standard InChI is InChI=1S/C17H16FN3/c18-16-7-12(9-19)5-6-14(16)10-21-11-15(20)8-13-3-1-2-4-17(13)21/h1-7,15H,8,10-11,20H2. The van der Waals surface area contributed by atoms with Crippen LogP contribution < -0.4 is 10.6 Å². The minimum absolute atomic E-state index is 0.0568. The molecule has 0 spiro atoms. The first-order valence-corrected chi connectivity index (χ1v) is 6.94. The zero-order valence-corrected chi connectivity index (χ0v) is 11.6. The monoisotopic (exact) mass is 281 g/mol. The Kier molecular flexibility index (Phi) is 3.59. The van der Waals surface area contributed by atoms with Crippen LogP contribution in [0.15, 0.2) is 42.5 Å². The molecule has 2 N–H and O–H groups in total. The average molecular weight is 281 g/mol. The minimum Gasteiger partial charge on any atom is -0.365 e.